The van der Waals surface area contributed by atoms with E-state index in [9.17, 15) is 14.4 Å². The number of cyclic esters (lactones) is 1. The summed E-state index contributed by atoms with van der Waals surface area (Å²) in [7, 11) is 3.09. The van der Waals surface area contributed by atoms with Crippen molar-refractivity contribution in [2.75, 3.05) is 32.1 Å². The average molecular weight is 648 g/mol. The van der Waals surface area contributed by atoms with E-state index in [1.54, 1.807) is 19.2 Å². The van der Waals surface area contributed by atoms with Gasteiger partial charge >= 0.3 is 6.09 Å². The number of benzene rings is 2. The summed E-state index contributed by atoms with van der Waals surface area (Å²) < 4.78 is 12.1. The minimum Gasteiger partial charge on any atom is -0.481 e. The second kappa shape index (κ2) is 11.2. The molecule has 1 aliphatic carbocycles. The predicted molar refractivity (Wildman–Crippen MR) is 169 cm³/mol. The molecule has 0 bridgehead atoms. The van der Waals surface area contributed by atoms with Gasteiger partial charge in [-0.1, -0.05) is 53.5 Å². The molecule has 0 radical (unpaired) electrons. The van der Waals surface area contributed by atoms with E-state index in [-0.39, 0.29) is 28.3 Å². The molecule has 1 atom stereocenters. The predicted octanol–water partition coefficient (Wildman–Crippen LogP) is 4.86. The number of pyridine rings is 1. The van der Waals surface area contributed by atoms with Crippen molar-refractivity contribution in [2.45, 2.75) is 24.4 Å². The zero-order chi connectivity index (χ0) is 31.5. The fourth-order valence-corrected chi connectivity index (χ4v) is 7.10. The quantitative estimate of drug-likeness (QED) is 0.304. The van der Waals surface area contributed by atoms with E-state index in [0.29, 0.717) is 58.7 Å². The van der Waals surface area contributed by atoms with Crippen LogP contribution >= 0.6 is 23.2 Å². The lowest BCUT2D eigenvalue weighted by atomic mass is 9.88. The van der Waals surface area contributed by atoms with Crippen LogP contribution < -0.4 is 20.9 Å². The van der Waals surface area contributed by atoms with E-state index in [2.05, 4.69) is 26.7 Å². The normalized spacial score (nSPS) is 18.2. The maximum Gasteiger partial charge on any atom is 0.407 e. The van der Waals surface area contributed by atoms with Crippen LogP contribution in [0, 0.1) is 0 Å². The fourth-order valence-electron chi connectivity index (χ4n) is 6.50. The number of nitrogens with one attached hydrogen (secondary N) is 2. The molecule has 45 heavy (non-hydrogen) atoms. The van der Waals surface area contributed by atoms with Crippen LogP contribution in [0.3, 0.4) is 0 Å². The summed E-state index contributed by atoms with van der Waals surface area (Å²) in [6, 6.07) is 14.4. The number of halogens is 2. The van der Waals surface area contributed by atoms with Crippen LogP contribution in [0.25, 0.3) is 22.4 Å². The molecule has 3 aliphatic rings. The van der Waals surface area contributed by atoms with Crippen molar-refractivity contribution < 1.29 is 19.1 Å². The number of carbonyl (C=O) groups is 2. The number of hydrogen-bond acceptors (Lipinski definition) is 8. The molecular formula is C32H28Cl2N6O5. The zero-order valence-corrected chi connectivity index (χ0v) is 25.9. The first-order valence-corrected chi connectivity index (χ1v) is 15.1. The minimum atomic E-state index is -0.598. The molecule has 2 amide bonds. The number of anilines is 1. The first-order chi connectivity index (χ1) is 21.7. The second-order valence-corrected chi connectivity index (χ2v) is 12.2. The molecule has 7 rings (SSSR count). The molecule has 13 heteroatoms. The summed E-state index contributed by atoms with van der Waals surface area (Å²) in [5.41, 5.74) is 4.28. The molecule has 11 nitrogen and oxygen atoms in total. The Bertz CT molecular complexity index is 1940. The Labute approximate surface area is 268 Å². The molecule has 2 aromatic carbocycles. The highest BCUT2D eigenvalue weighted by Crippen LogP contribution is 2.47. The Hall–Kier alpha value is -4.45. The van der Waals surface area contributed by atoms with Gasteiger partial charge in [0.25, 0.3) is 11.5 Å². The minimum absolute atomic E-state index is 0.0548. The van der Waals surface area contributed by atoms with E-state index in [1.807, 2.05) is 24.3 Å². The van der Waals surface area contributed by atoms with Crippen LogP contribution in [0.5, 0.6) is 5.88 Å². The van der Waals surface area contributed by atoms with Gasteiger partial charge in [0.15, 0.2) is 0 Å². The number of methoxy groups -OCH3 is 1. The van der Waals surface area contributed by atoms with Crippen LogP contribution in [0.15, 0.2) is 59.5 Å². The third-order valence-corrected chi connectivity index (χ3v) is 9.50. The van der Waals surface area contributed by atoms with Crippen molar-refractivity contribution in [1.29, 1.82) is 0 Å². The molecule has 2 N–H and O–H groups in total. The van der Waals surface area contributed by atoms with Gasteiger partial charge in [-0.05, 0) is 36.6 Å². The van der Waals surface area contributed by atoms with E-state index in [0.717, 1.165) is 28.7 Å². The lowest BCUT2D eigenvalue weighted by molar-refractivity contribution is 0.00938. The number of hydrogen-bond donors (Lipinski definition) is 2. The number of aromatic nitrogens is 3. The zero-order valence-electron chi connectivity index (χ0n) is 24.4. The number of amides is 2. The van der Waals surface area contributed by atoms with Crippen molar-refractivity contribution in [3.8, 4) is 28.3 Å². The highest BCUT2D eigenvalue weighted by atomic mass is 35.5. The fraction of sp³-hybridized carbons (Fsp3) is 0.281. The van der Waals surface area contributed by atoms with Crippen LogP contribution in [-0.4, -0.2) is 64.0 Å². The molecule has 4 aromatic rings. The lowest BCUT2D eigenvalue weighted by Crippen LogP contribution is -2.68. The second-order valence-electron chi connectivity index (χ2n) is 11.5. The van der Waals surface area contributed by atoms with Crippen LogP contribution in [-0.2, 0) is 18.2 Å². The summed E-state index contributed by atoms with van der Waals surface area (Å²) in [5.74, 6) is -0.0523. The maximum atomic E-state index is 12.9. The lowest BCUT2D eigenvalue weighted by Gasteiger charge is -2.49. The van der Waals surface area contributed by atoms with Gasteiger partial charge in [0.1, 0.15) is 17.7 Å². The molecule has 4 heterocycles. The SMILES string of the molecule is COc1nc(-c2cccc(-c3cccc(NC(=O)c4ccnn(C)c4=O)c3Cl)c2Cl)cc2c1[C@@H](N1CC3(COC(=O)N3)C1)CC2. The van der Waals surface area contributed by atoms with Gasteiger partial charge in [-0.15, -0.1) is 0 Å². The Balaban J connectivity index is 1.18. The van der Waals surface area contributed by atoms with Gasteiger partial charge in [-0.3, -0.25) is 14.5 Å². The van der Waals surface area contributed by atoms with Gasteiger partial charge in [-0.25, -0.2) is 14.5 Å². The molecule has 230 valence electrons. The van der Waals surface area contributed by atoms with Crippen LogP contribution in [0.2, 0.25) is 10.0 Å². The number of alkyl carbamates (subject to hydrolysis) is 1. The number of rotatable bonds is 6. The number of carbonyl (C=O) groups excluding carboxylic acids is 2. The summed E-state index contributed by atoms with van der Waals surface area (Å²) in [4.78, 5) is 44.2. The van der Waals surface area contributed by atoms with E-state index in [4.69, 9.17) is 37.7 Å². The first-order valence-electron chi connectivity index (χ1n) is 14.4. The Kier molecular flexibility index (Phi) is 7.26. The largest absolute Gasteiger partial charge is 0.481 e. The third kappa shape index (κ3) is 5.01. The summed E-state index contributed by atoms with van der Waals surface area (Å²) in [5, 5.41) is 10.3. The van der Waals surface area contributed by atoms with Crippen LogP contribution in [0.4, 0.5) is 10.5 Å². The van der Waals surface area contributed by atoms with E-state index in [1.165, 1.54) is 19.3 Å². The third-order valence-electron chi connectivity index (χ3n) is 8.68. The summed E-state index contributed by atoms with van der Waals surface area (Å²) in [6.45, 7) is 1.80. The maximum absolute atomic E-state index is 12.9. The number of nitrogens with zero attached hydrogens (tertiary/aromatic N) is 4. The topological polar surface area (TPSA) is 128 Å². The first kappa shape index (κ1) is 29.3. The highest BCUT2D eigenvalue weighted by molar-refractivity contribution is 6.39. The smallest absolute Gasteiger partial charge is 0.407 e. The number of fused-ring (bicyclic) bond motifs is 1. The van der Waals surface area contributed by atoms with Gasteiger partial charge in [-0.2, -0.15) is 5.10 Å². The molecular weight excluding hydrogens is 619 g/mol. The molecule has 0 saturated carbocycles. The number of likely N-dealkylation sites (tertiary alicyclic amines) is 1. The number of aryl methyl sites for hydroxylation is 2. The molecule has 2 fully saturated rings. The number of ether oxygens (including phenoxy) is 2. The van der Waals surface area contributed by atoms with Crippen molar-refractivity contribution in [1.82, 2.24) is 25.0 Å². The van der Waals surface area contributed by atoms with Crippen molar-refractivity contribution >= 4 is 40.9 Å². The molecule has 1 spiro atoms. The summed E-state index contributed by atoms with van der Waals surface area (Å²) >= 11 is 13.9. The monoisotopic (exact) mass is 646 g/mol. The Morgan fingerprint density at radius 3 is 2.56 bits per heavy atom. The van der Waals surface area contributed by atoms with Crippen molar-refractivity contribution in [3.05, 3.63) is 91.8 Å². The van der Waals surface area contributed by atoms with Crippen LogP contribution in [0.1, 0.15) is 33.9 Å². The van der Waals surface area contributed by atoms with Gasteiger partial charge in [0, 0.05) is 54.6 Å². The highest BCUT2D eigenvalue weighted by Gasteiger charge is 2.52. The van der Waals surface area contributed by atoms with Gasteiger partial charge < -0.3 is 20.1 Å². The van der Waals surface area contributed by atoms with E-state index >= 15 is 0 Å². The molecule has 2 aliphatic heterocycles. The standard InChI is InChI=1S/C32H28Cl2N6O5/c1-39-30(42)21(11-12-35-39)28(41)36-22-8-4-6-19(27(22)34)18-5-3-7-20(26(18)33)23-13-17-9-10-24(25(17)29(37-23)44-2)40-14-32(15-40)16-45-31(43)38-32/h3-8,11-13,24H,9-10,14-16H2,1-2H3,(H,36,41)(H,38,43)/t24-/m0/s1. The molecule has 0 unspecified atom stereocenters. The average Bonchev–Trinajstić information content (AvgIpc) is 3.62. The molecule has 2 aromatic heterocycles. The van der Waals surface area contributed by atoms with Crippen molar-refractivity contribution in [2.24, 2.45) is 7.05 Å². The van der Waals surface area contributed by atoms with Gasteiger partial charge in [0.05, 0.1) is 28.5 Å². The van der Waals surface area contributed by atoms with Crippen molar-refractivity contribution in [3.63, 3.8) is 0 Å². The Morgan fingerprint density at radius 2 is 1.82 bits per heavy atom. The summed E-state index contributed by atoms with van der Waals surface area (Å²) in [6.07, 6.45) is 2.78. The molecule has 2 saturated heterocycles. The Morgan fingerprint density at radius 1 is 1.09 bits per heavy atom. The van der Waals surface area contributed by atoms with E-state index < -0.39 is 11.5 Å². The van der Waals surface area contributed by atoms with Gasteiger partial charge in [0.2, 0.25) is 5.88 Å².